The van der Waals surface area contributed by atoms with Crippen molar-refractivity contribution in [3.05, 3.63) is 109 Å². The summed E-state index contributed by atoms with van der Waals surface area (Å²) in [6, 6.07) is -0.748. The first-order valence-electron chi connectivity index (χ1n) is 21.0. The number of nitrogens with zero attached hydrogens (tertiary/aromatic N) is 1. The van der Waals surface area contributed by atoms with Crippen LogP contribution in [0.4, 0.5) is 0 Å². The fourth-order valence-corrected chi connectivity index (χ4v) is 5.34. The van der Waals surface area contributed by atoms with Gasteiger partial charge in [-0.15, -0.1) is 0 Å². The summed E-state index contributed by atoms with van der Waals surface area (Å²) in [6.45, 7) is 4.36. The van der Waals surface area contributed by atoms with Gasteiger partial charge in [-0.25, -0.2) is 0 Å². The summed E-state index contributed by atoms with van der Waals surface area (Å²) in [5, 5.41) is 11.6. The lowest BCUT2D eigenvalue weighted by molar-refractivity contribution is -0.889. The number of carboxylic acids is 1. The number of hydrogen-bond donors (Lipinski definition) is 0. The molecule has 0 aliphatic heterocycles. The predicted molar refractivity (Wildman–Crippen MR) is 231 cm³/mol. The van der Waals surface area contributed by atoms with Gasteiger partial charge in [0.2, 0.25) is 0 Å². The minimum absolute atomic E-state index is 0.00493. The average Bonchev–Trinajstić information content (AvgIpc) is 3.15. The molecule has 8 heteroatoms. The molecule has 314 valence electrons. The summed E-state index contributed by atoms with van der Waals surface area (Å²) in [5.41, 5.74) is 0. The zero-order valence-corrected chi connectivity index (χ0v) is 35.5. The van der Waals surface area contributed by atoms with Crippen LogP contribution in [0.3, 0.4) is 0 Å². The van der Waals surface area contributed by atoms with Crippen LogP contribution in [0.5, 0.6) is 0 Å². The van der Waals surface area contributed by atoms with E-state index >= 15 is 0 Å². The highest BCUT2D eigenvalue weighted by molar-refractivity contribution is 5.70. The van der Waals surface area contributed by atoms with Crippen molar-refractivity contribution in [1.29, 1.82) is 0 Å². The number of carboxylic acid groups (broad SMARTS) is 1. The largest absolute Gasteiger partial charge is 0.544 e. The molecule has 0 bridgehead atoms. The Morgan fingerprint density at radius 3 is 1.70 bits per heavy atom. The van der Waals surface area contributed by atoms with Gasteiger partial charge in [-0.2, -0.15) is 0 Å². The highest BCUT2D eigenvalue weighted by atomic mass is 16.6. The Balaban J connectivity index is 4.57. The summed E-state index contributed by atoms with van der Waals surface area (Å²) >= 11 is 0. The maximum atomic E-state index is 12.6. The number of allylic oxidation sites excluding steroid dienone is 18. The lowest BCUT2D eigenvalue weighted by Crippen LogP contribution is -2.55. The summed E-state index contributed by atoms with van der Waals surface area (Å²) in [4.78, 5) is 36.7. The van der Waals surface area contributed by atoms with Crippen molar-refractivity contribution in [2.45, 2.75) is 135 Å². The molecule has 0 aliphatic rings. The number of hydrogen-bond acceptors (Lipinski definition) is 7. The number of esters is 2. The normalized spacial score (nSPS) is 14.1. The molecule has 0 amide bonds. The monoisotopic (exact) mass is 778 g/mol. The predicted octanol–water partition coefficient (Wildman–Crippen LogP) is 9.96. The highest BCUT2D eigenvalue weighted by Crippen LogP contribution is 2.11. The molecule has 0 heterocycles. The quantitative estimate of drug-likeness (QED) is 0.0208. The molecular formula is C48H75NO7. The summed E-state index contributed by atoms with van der Waals surface area (Å²) in [5.74, 6) is -1.90. The molecule has 0 fully saturated rings. The molecule has 2 atom stereocenters. The molecule has 0 aromatic rings. The minimum atomic E-state index is -1.15. The van der Waals surface area contributed by atoms with Gasteiger partial charge in [-0.3, -0.25) is 9.59 Å². The van der Waals surface area contributed by atoms with Crippen molar-refractivity contribution >= 4 is 17.9 Å². The van der Waals surface area contributed by atoms with Crippen LogP contribution in [0, 0.1) is 0 Å². The van der Waals surface area contributed by atoms with E-state index in [2.05, 4.69) is 38.2 Å². The lowest BCUT2D eigenvalue weighted by atomic mass is 10.1. The molecule has 8 nitrogen and oxygen atoms in total. The van der Waals surface area contributed by atoms with Crippen molar-refractivity contribution < 1.29 is 38.2 Å². The van der Waals surface area contributed by atoms with Crippen molar-refractivity contribution in [3.8, 4) is 0 Å². The number of likely N-dealkylation sites (N-methyl/N-ethyl adjacent to an activating group) is 1. The average molecular weight is 778 g/mol. The molecule has 0 aromatic heterocycles. The third-order valence-electron chi connectivity index (χ3n) is 8.60. The van der Waals surface area contributed by atoms with Crippen LogP contribution in [0.1, 0.15) is 123 Å². The Bertz CT molecular complexity index is 1280. The minimum Gasteiger partial charge on any atom is -0.544 e. The SMILES string of the molecule is CC/C=C/C=C/C=C/C=C/C=C/C=C/C=C/CCCCCC(=O)OCC(COCCC(C(=O)[O-])[N+](C)(C)C)OC(=O)CC/C=C/C/C=C/CCCCCCCC. The molecule has 0 aliphatic carbocycles. The standard InChI is InChI=1S/C48H75NO7/c1-6-8-10-12-14-16-18-20-21-22-23-24-25-27-28-30-32-34-36-38-46(50)55-43-44(42-54-41-40-45(48(52)53)49(3,4)5)56-47(51)39-37-35-33-31-29-26-19-17-15-13-11-9-7-2/h8,10,12,14,16,18,20-29,33,35,44-45H,6-7,9,11,13,15,17,19,30-32,34,36-43H2,1-5H3/b10-8+,14-12+,18-16+,21-20+,23-22+,25-24+,28-27+,29-26+,35-33+. The number of carbonyl (C=O) groups is 3. The van der Waals surface area contributed by atoms with E-state index < -0.39 is 24.1 Å². The van der Waals surface area contributed by atoms with Gasteiger partial charge in [0.25, 0.3) is 0 Å². The zero-order chi connectivity index (χ0) is 41.4. The van der Waals surface area contributed by atoms with E-state index in [-0.39, 0.29) is 49.5 Å². The third kappa shape index (κ3) is 35.7. The Labute approximate surface area is 340 Å². The number of carbonyl (C=O) groups excluding carboxylic acids is 3. The molecule has 0 saturated carbocycles. The van der Waals surface area contributed by atoms with Gasteiger partial charge in [0.05, 0.1) is 40.3 Å². The van der Waals surface area contributed by atoms with Crippen molar-refractivity contribution in [2.24, 2.45) is 0 Å². The second-order valence-corrected chi connectivity index (χ2v) is 14.7. The van der Waals surface area contributed by atoms with E-state index in [0.717, 1.165) is 38.5 Å². The molecular weight excluding hydrogens is 703 g/mol. The maximum Gasteiger partial charge on any atom is 0.306 e. The van der Waals surface area contributed by atoms with Crippen LogP contribution in [0.15, 0.2) is 109 Å². The van der Waals surface area contributed by atoms with E-state index in [0.29, 0.717) is 12.8 Å². The number of rotatable bonds is 35. The number of aliphatic carboxylic acids is 1. The Kier molecular flexibility index (Phi) is 35.2. The smallest absolute Gasteiger partial charge is 0.306 e. The molecule has 2 unspecified atom stereocenters. The third-order valence-corrected chi connectivity index (χ3v) is 8.60. The zero-order valence-electron chi connectivity index (χ0n) is 35.5. The van der Waals surface area contributed by atoms with E-state index in [9.17, 15) is 19.5 Å². The fraction of sp³-hybridized carbons (Fsp3) is 0.562. The lowest BCUT2D eigenvalue weighted by Gasteiger charge is -2.34. The molecule has 0 spiro atoms. The Hall–Kier alpha value is -4.01. The number of unbranched alkanes of at least 4 members (excludes halogenated alkanes) is 9. The first-order valence-corrected chi connectivity index (χ1v) is 21.0. The topological polar surface area (TPSA) is 102 Å². The van der Waals surface area contributed by atoms with Gasteiger partial charge in [0.1, 0.15) is 12.6 Å². The molecule has 0 radical (unpaired) electrons. The van der Waals surface area contributed by atoms with E-state index in [4.69, 9.17) is 14.2 Å². The van der Waals surface area contributed by atoms with Crippen molar-refractivity contribution in [3.63, 3.8) is 0 Å². The second-order valence-electron chi connectivity index (χ2n) is 14.7. The van der Waals surface area contributed by atoms with Crippen LogP contribution < -0.4 is 5.11 Å². The van der Waals surface area contributed by atoms with Gasteiger partial charge in [-0.05, 0) is 51.4 Å². The van der Waals surface area contributed by atoms with Crippen LogP contribution in [-0.2, 0) is 28.6 Å². The molecule has 0 N–H and O–H groups in total. The van der Waals surface area contributed by atoms with E-state index in [1.54, 1.807) is 21.1 Å². The fourth-order valence-electron chi connectivity index (χ4n) is 5.34. The van der Waals surface area contributed by atoms with Crippen LogP contribution >= 0.6 is 0 Å². The summed E-state index contributed by atoms with van der Waals surface area (Å²) < 4.78 is 17.0. The highest BCUT2D eigenvalue weighted by Gasteiger charge is 2.25. The van der Waals surface area contributed by atoms with Gasteiger partial charge in [0.15, 0.2) is 6.10 Å². The number of ether oxygens (including phenoxy) is 3. The van der Waals surface area contributed by atoms with Gasteiger partial charge < -0.3 is 28.6 Å². The van der Waals surface area contributed by atoms with Gasteiger partial charge >= 0.3 is 11.9 Å². The Morgan fingerprint density at radius 1 is 0.571 bits per heavy atom. The first kappa shape index (κ1) is 52.0. The van der Waals surface area contributed by atoms with Crippen LogP contribution in [0.2, 0.25) is 0 Å². The second kappa shape index (κ2) is 37.9. The van der Waals surface area contributed by atoms with Crippen LogP contribution in [0.25, 0.3) is 0 Å². The molecule has 0 aromatic carbocycles. The van der Waals surface area contributed by atoms with Gasteiger partial charge in [-0.1, -0.05) is 162 Å². The van der Waals surface area contributed by atoms with E-state index in [1.165, 1.54) is 38.5 Å². The molecule has 0 rings (SSSR count). The molecule has 0 saturated heterocycles. The summed E-state index contributed by atoms with van der Waals surface area (Å²) in [7, 11) is 5.35. The van der Waals surface area contributed by atoms with Crippen LogP contribution in [-0.4, -0.2) is 75.5 Å². The number of quaternary nitrogens is 1. The van der Waals surface area contributed by atoms with Crippen molar-refractivity contribution in [2.75, 3.05) is 41.0 Å². The summed E-state index contributed by atoms with van der Waals surface area (Å²) in [6.07, 6.45) is 51.3. The first-order chi connectivity index (χ1) is 27.1. The van der Waals surface area contributed by atoms with Crippen molar-refractivity contribution in [1.82, 2.24) is 0 Å². The van der Waals surface area contributed by atoms with Gasteiger partial charge in [0, 0.05) is 19.3 Å². The Morgan fingerprint density at radius 2 is 1.11 bits per heavy atom. The maximum absolute atomic E-state index is 12.6. The van der Waals surface area contributed by atoms with E-state index in [1.807, 2.05) is 85.1 Å². The molecule has 56 heavy (non-hydrogen) atoms.